The van der Waals surface area contributed by atoms with Crippen LogP contribution in [-0.2, 0) is 10.5 Å². The first-order valence-electron chi connectivity index (χ1n) is 7.95. The molecule has 2 aromatic carbocycles. The molecule has 25 heavy (non-hydrogen) atoms. The van der Waals surface area contributed by atoms with Crippen molar-refractivity contribution in [3.63, 3.8) is 0 Å². The van der Waals surface area contributed by atoms with Crippen molar-refractivity contribution in [2.24, 2.45) is 0 Å². The summed E-state index contributed by atoms with van der Waals surface area (Å²) < 4.78 is 23.6. The first-order chi connectivity index (χ1) is 12.1. The van der Waals surface area contributed by atoms with E-state index in [2.05, 4.69) is 5.32 Å². The number of thioether (sulfide) groups is 1. The standard InChI is InChI=1S/C19H22FNO3S/c1-14(11-24-18-9-7-17(23-2)8-10-18)21-19(22)13-25-12-15-3-5-16(20)6-4-15/h3-10,14H,11-13H2,1-2H3,(H,21,22)/t14-/m1/s1. The van der Waals surface area contributed by atoms with Gasteiger partial charge in [0, 0.05) is 5.75 Å². The summed E-state index contributed by atoms with van der Waals surface area (Å²) in [6.07, 6.45) is 0. The molecule has 134 valence electrons. The van der Waals surface area contributed by atoms with Crippen LogP contribution in [0.4, 0.5) is 4.39 Å². The lowest BCUT2D eigenvalue weighted by molar-refractivity contribution is -0.119. The van der Waals surface area contributed by atoms with Gasteiger partial charge in [-0.05, 0) is 48.9 Å². The van der Waals surface area contributed by atoms with E-state index in [1.54, 1.807) is 19.2 Å². The van der Waals surface area contributed by atoms with Crippen molar-refractivity contribution < 1.29 is 18.7 Å². The molecule has 0 aliphatic carbocycles. The molecule has 0 radical (unpaired) electrons. The highest BCUT2D eigenvalue weighted by Crippen LogP contribution is 2.17. The first kappa shape index (κ1) is 19.1. The molecule has 0 fully saturated rings. The van der Waals surface area contributed by atoms with Crippen LogP contribution in [0.15, 0.2) is 48.5 Å². The first-order valence-corrected chi connectivity index (χ1v) is 9.10. The molecular formula is C19H22FNO3S. The summed E-state index contributed by atoms with van der Waals surface area (Å²) >= 11 is 1.49. The highest BCUT2D eigenvalue weighted by Gasteiger charge is 2.08. The van der Waals surface area contributed by atoms with Gasteiger partial charge in [-0.1, -0.05) is 12.1 Å². The number of benzene rings is 2. The van der Waals surface area contributed by atoms with Crippen molar-refractivity contribution in [3.05, 3.63) is 59.9 Å². The molecule has 1 amide bonds. The van der Waals surface area contributed by atoms with Crippen LogP contribution in [0, 0.1) is 5.82 Å². The fourth-order valence-electron chi connectivity index (χ4n) is 2.09. The smallest absolute Gasteiger partial charge is 0.230 e. The molecule has 2 aromatic rings. The van der Waals surface area contributed by atoms with E-state index < -0.39 is 0 Å². The van der Waals surface area contributed by atoms with Crippen LogP contribution in [0.3, 0.4) is 0 Å². The van der Waals surface area contributed by atoms with Crippen molar-refractivity contribution in [3.8, 4) is 11.5 Å². The van der Waals surface area contributed by atoms with Gasteiger partial charge in [0.25, 0.3) is 0 Å². The largest absolute Gasteiger partial charge is 0.497 e. The molecule has 0 saturated heterocycles. The van der Waals surface area contributed by atoms with Gasteiger partial charge in [0.1, 0.15) is 23.9 Å². The van der Waals surface area contributed by atoms with E-state index in [9.17, 15) is 9.18 Å². The molecule has 4 nitrogen and oxygen atoms in total. The van der Waals surface area contributed by atoms with Crippen LogP contribution in [0.5, 0.6) is 11.5 Å². The molecule has 0 unspecified atom stereocenters. The lowest BCUT2D eigenvalue weighted by Crippen LogP contribution is -2.37. The minimum atomic E-state index is -0.253. The maximum absolute atomic E-state index is 12.8. The van der Waals surface area contributed by atoms with E-state index in [4.69, 9.17) is 9.47 Å². The predicted molar refractivity (Wildman–Crippen MR) is 98.7 cm³/mol. The SMILES string of the molecule is COc1ccc(OC[C@@H](C)NC(=O)CSCc2ccc(F)cc2)cc1. The topological polar surface area (TPSA) is 47.6 Å². The Morgan fingerprint density at radius 2 is 1.76 bits per heavy atom. The number of carbonyl (C=O) groups is 1. The number of hydrogen-bond acceptors (Lipinski definition) is 4. The van der Waals surface area contributed by atoms with Gasteiger partial charge in [-0.15, -0.1) is 11.8 Å². The molecule has 0 aliphatic rings. The Kier molecular flexibility index (Phi) is 7.60. The van der Waals surface area contributed by atoms with Gasteiger partial charge in [0.2, 0.25) is 5.91 Å². The Balaban J connectivity index is 1.64. The van der Waals surface area contributed by atoms with Crippen molar-refractivity contribution >= 4 is 17.7 Å². The lowest BCUT2D eigenvalue weighted by atomic mass is 10.2. The minimum Gasteiger partial charge on any atom is -0.497 e. The molecule has 0 spiro atoms. The third-order valence-electron chi connectivity index (χ3n) is 3.38. The fourth-order valence-corrected chi connectivity index (χ4v) is 2.89. The second-order valence-corrected chi connectivity index (χ2v) is 6.56. The number of ether oxygens (including phenoxy) is 2. The van der Waals surface area contributed by atoms with Gasteiger partial charge in [-0.3, -0.25) is 4.79 Å². The highest BCUT2D eigenvalue weighted by atomic mass is 32.2. The molecule has 0 aliphatic heterocycles. The Morgan fingerprint density at radius 3 is 2.40 bits per heavy atom. The fraction of sp³-hybridized carbons (Fsp3) is 0.316. The Morgan fingerprint density at radius 1 is 1.12 bits per heavy atom. The zero-order valence-corrected chi connectivity index (χ0v) is 15.1. The number of methoxy groups -OCH3 is 1. The van der Waals surface area contributed by atoms with Crippen molar-refractivity contribution in [1.29, 1.82) is 0 Å². The molecular weight excluding hydrogens is 341 g/mol. The molecule has 0 heterocycles. The third-order valence-corrected chi connectivity index (χ3v) is 4.39. The monoisotopic (exact) mass is 363 g/mol. The predicted octanol–water partition coefficient (Wildman–Crippen LogP) is 3.65. The second-order valence-electron chi connectivity index (χ2n) is 5.57. The number of hydrogen-bond donors (Lipinski definition) is 1. The van der Waals surface area contributed by atoms with Crippen LogP contribution in [0.1, 0.15) is 12.5 Å². The number of carbonyl (C=O) groups excluding carboxylic acids is 1. The van der Waals surface area contributed by atoms with Gasteiger partial charge in [-0.2, -0.15) is 0 Å². The van der Waals surface area contributed by atoms with Crippen LogP contribution >= 0.6 is 11.8 Å². The van der Waals surface area contributed by atoms with Crippen LogP contribution < -0.4 is 14.8 Å². The molecule has 1 N–H and O–H groups in total. The summed E-state index contributed by atoms with van der Waals surface area (Å²) in [4.78, 5) is 11.9. The lowest BCUT2D eigenvalue weighted by Gasteiger charge is -2.15. The Bertz CT molecular complexity index is 661. The molecule has 6 heteroatoms. The maximum Gasteiger partial charge on any atom is 0.230 e. The van der Waals surface area contributed by atoms with Gasteiger partial charge in [0.15, 0.2) is 0 Å². The Labute approximate surface area is 151 Å². The molecule has 2 rings (SSSR count). The van der Waals surface area contributed by atoms with Crippen LogP contribution in [0.2, 0.25) is 0 Å². The van der Waals surface area contributed by atoms with Crippen molar-refractivity contribution in [1.82, 2.24) is 5.32 Å². The summed E-state index contributed by atoms with van der Waals surface area (Å²) in [5.74, 6) is 2.23. The van der Waals surface area contributed by atoms with E-state index in [-0.39, 0.29) is 17.8 Å². The van der Waals surface area contributed by atoms with E-state index in [0.29, 0.717) is 18.1 Å². The minimum absolute atomic E-state index is 0.0436. The summed E-state index contributed by atoms with van der Waals surface area (Å²) in [6.45, 7) is 2.28. The van der Waals surface area contributed by atoms with E-state index in [0.717, 1.165) is 17.1 Å². The third kappa shape index (κ3) is 7.05. The number of halogens is 1. The van der Waals surface area contributed by atoms with E-state index in [1.165, 1.54) is 23.9 Å². The van der Waals surface area contributed by atoms with Gasteiger partial charge in [-0.25, -0.2) is 4.39 Å². The summed E-state index contributed by atoms with van der Waals surface area (Å²) in [5.41, 5.74) is 0.995. The molecule has 0 saturated carbocycles. The zero-order chi connectivity index (χ0) is 18.1. The zero-order valence-electron chi connectivity index (χ0n) is 14.3. The molecule has 0 bridgehead atoms. The Hall–Kier alpha value is -2.21. The quantitative estimate of drug-likeness (QED) is 0.739. The van der Waals surface area contributed by atoms with Crippen LogP contribution in [-0.4, -0.2) is 31.4 Å². The highest BCUT2D eigenvalue weighted by molar-refractivity contribution is 7.99. The van der Waals surface area contributed by atoms with Gasteiger partial charge < -0.3 is 14.8 Å². The van der Waals surface area contributed by atoms with E-state index in [1.807, 2.05) is 31.2 Å². The van der Waals surface area contributed by atoms with Crippen molar-refractivity contribution in [2.45, 2.75) is 18.7 Å². The van der Waals surface area contributed by atoms with Crippen LogP contribution in [0.25, 0.3) is 0 Å². The molecule has 1 atom stereocenters. The summed E-state index contributed by atoms with van der Waals surface area (Å²) in [6, 6.07) is 13.5. The number of nitrogens with one attached hydrogen (secondary N) is 1. The average Bonchev–Trinajstić information content (AvgIpc) is 2.62. The average molecular weight is 363 g/mol. The maximum atomic E-state index is 12.8. The van der Waals surface area contributed by atoms with Gasteiger partial charge >= 0.3 is 0 Å². The number of rotatable bonds is 9. The van der Waals surface area contributed by atoms with E-state index >= 15 is 0 Å². The normalized spacial score (nSPS) is 11.6. The second kappa shape index (κ2) is 9.93. The number of amides is 1. The summed E-state index contributed by atoms with van der Waals surface area (Å²) in [7, 11) is 1.61. The summed E-state index contributed by atoms with van der Waals surface area (Å²) in [5, 5.41) is 2.90. The molecule has 0 aromatic heterocycles. The van der Waals surface area contributed by atoms with Gasteiger partial charge in [0.05, 0.1) is 18.9 Å². The van der Waals surface area contributed by atoms with Crippen molar-refractivity contribution in [2.75, 3.05) is 19.5 Å².